The topological polar surface area (TPSA) is 86.9 Å². The highest BCUT2D eigenvalue weighted by Crippen LogP contribution is 2.27. The van der Waals surface area contributed by atoms with Gasteiger partial charge in [0.15, 0.2) is 0 Å². The largest absolute Gasteiger partial charge is 0.358 e. The summed E-state index contributed by atoms with van der Waals surface area (Å²) in [5, 5.41) is 5.66. The zero-order valence-electron chi connectivity index (χ0n) is 15.5. The molecule has 28 heavy (non-hydrogen) atoms. The third kappa shape index (κ3) is 3.57. The summed E-state index contributed by atoms with van der Waals surface area (Å²) < 4.78 is 0. The summed E-state index contributed by atoms with van der Waals surface area (Å²) in [5.74, 6) is -0.191. The number of amides is 2. The number of pyridine rings is 1. The van der Waals surface area contributed by atoms with Gasteiger partial charge in [-0.3, -0.25) is 14.6 Å². The van der Waals surface area contributed by atoms with E-state index in [-0.39, 0.29) is 11.8 Å². The van der Waals surface area contributed by atoms with E-state index >= 15 is 0 Å². The molecule has 0 saturated heterocycles. The Morgan fingerprint density at radius 1 is 1.14 bits per heavy atom. The van der Waals surface area contributed by atoms with E-state index in [9.17, 15) is 9.59 Å². The van der Waals surface area contributed by atoms with Crippen molar-refractivity contribution in [2.24, 2.45) is 0 Å². The standard InChI is InChI=1S/C22H20N4O2/c1-2-3-21(27)25-16-6-4-14(5-7-16)19-12-15(8-10-23-19)20-13-17-18(26-20)9-11-24-22(17)28/h2-8,10,12-13,26H,9,11H2,1H3,(H,24,28)(H,25,27). The Morgan fingerprint density at radius 3 is 2.71 bits per heavy atom. The quantitative estimate of drug-likeness (QED) is 0.612. The molecule has 0 fully saturated rings. The monoisotopic (exact) mass is 372 g/mol. The van der Waals surface area contributed by atoms with Gasteiger partial charge in [-0.25, -0.2) is 0 Å². The lowest BCUT2D eigenvalue weighted by Crippen LogP contribution is -2.31. The van der Waals surface area contributed by atoms with Crippen LogP contribution in [-0.2, 0) is 11.2 Å². The number of aromatic amines is 1. The lowest BCUT2D eigenvalue weighted by molar-refractivity contribution is -0.111. The number of allylic oxidation sites excluding steroid dienone is 1. The molecule has 3 heterocycles. The molecule has 6 heteroatoms. The fourth-order valence-electron chi connectivity index (χ4n) is 3.26. The maximum atomic E-state index is 12.0. The van der Waals surface area contributed by atoms with Crippen molar-refractivity contribution < 1.29 is 9.59 Å². The predicted molar refractivity (Wildman–Crippen MR) is 109 cm³/mol. The average molecular weight is 372 g/mol. The number of hydrogen-bond acceptors (Lipinski definition) is 3. The molecular weight excluding hydrogens is 352 g/mol. The van der Waals surface area contributed by atoms with Gasteiger partial charge in [0.1, 0.15) is 0 Å². The van der Waals surface area contributed by atoms with Crippen molar-refractivity contribution in [3.63, 3.8) is 0 Å². The van der Waals surface area contributed by atoms with Crippen LogP contribution in [0.1, 0.15) is 23.0 Å². The smallest absolute Gasteiger partial charge is 0.253 e. The zero-order chi connectivity index (χ0) is 19.5. The maximum Gasteiger partial charge on any atom is 0.253 e. The molecule has 4 rings (SSSR count). The highest BCUT2D eigenvalue weighted by Gasteiger charge is 2.20. The fourth-order valence-corrected chi connectivity index (χ4v) is 3.26. The number of fused-ring (bicyclic) bond motifs is 1. The molecule has 0 unspecified atom stereocenters. The Labute approximate surface area is 162 Å². The molecule has 3 aromatic rings. The Balaban J connectivity index is 1.59. The number of hydrogen-bond donors (Lipinski definition) is 3. The van der Waals surface area contributed by atoms with E-state index in [4.69, 9.17) is 0 Å². The first-order valence-corrected chi connectivity index (χ1v) is 9.14. The van der Waals surface area contributed by atoms with Crippen LogP contribution in [0, 0.1) is 0 Å². The first-order chi connectivity index (χ1) is 13.6. The molecule has 140 valence electrons. The Morgan fingerprint density at radius 2 is 1.96 bits per heavy atom. The van der Waals surface area contributed by atoms with Gasteiger partial charge in [0.2, 0.25) is 5.91 Å². The third-order valence-electron chi connectivity index (χ3n) is 4.64. The summed E-state index contributed by atoms with van der Waals surface area (Å²) in [5.41, 5.74) is 6.05. The number of benzene rings is 1. The van der Waals surface area contributed by atoms with Crippen LogP contribution in [0.15, 0.2) is 60.8 Å². The number of carbonyl (C=O) groups excluding carboxylic acids is 2. The van der Waals surface area contributed by atoms with E-state index in [1.165, 1.54) is 6.08 Å². The Kier molecular flexibility index (Phi) is 4.76. The first kappa shape index (κ1) is 17.7. The summed E-state index contributed by atoms with van der Waals surface area (Å²) >= 11 is 0. The second-order valence-electron chi connectivity index (χ2n) is 6.58. The summed E-state index contributed by atoms with van der Waals surface area (Å²) in [6.07, 6.45) is 5.74. The molecule has 0 saturated carbocycles. The van der Waals surface area contributed by atoms with Crippen molar-refractivity contribution in [2.45, 2.75) is 13.3 Å². The van der Waals surface area contributed by atoms with Gasteiger partial charge in [0.05, 0.1) is 11.3 Å². The van der Waals surface area contributed by atoms with Crippen LogP contribution in [0.3, 0.4) is 0 Å². The Hall–Kier alpha value is -3.67. The van der Waals surface area contributed by atoms with Crippen molar-refractivity contribution in [1.82, 2.24) is 15.3 Å². The molecule has 0 spiro atoms. The van der Waals surface area contributed by atoms with Crippen LogP contribution >= 0.6 is 0 Å². The minimum absolute atomic E-state index is 0.0337. The predicted octanol–water partition coefficient (Wildman–Crippen LogP) is 3.54. The van der Waals surface area contributed by atoms with Crippen LogP contribution < -0.4 is 10.6 Å². The SMILES string of the molecule is CC=CC(=O)Nc1ccc(-c2cc(-c3cc4c([nH]3)CCNC4=O)ccn2)cc1. The van der Waals surface area contributed by atoms with Crippen molar-refractivity contribution in [3.8, 4) is 22.5 Å². The number of nitrogens with zero attached hydrogens (tertiary/aromatic N) is 1. The molecule has 0 aliphatic carbocycles. The van der Waals surface area contributed by atoms with E-state index < -0.39 is 0 Å². The summed E-state index contributed by atoms with van der Waals surface area (Å²) in [4.78, 5) is 31.4. The van der Waals surface area contributed by atoms with Gasteiger partial charge in [0, 0.05) is 47.4 Å². The summed E-state index contributed by atoms with van der Waals surface area (Å²) in [6.45, 7) is 2.46. The number of aromatic nitrogens is 2. The van der Waals surface area contributed by atoms with Gasteiger partial charge in [-0.1, -0.05) is 18.2 Å². The number of carbonyl (C=O) groups is 2. The number of H-pyrrole nitrogens is 1. The molecule has 1 aliphatic heterocycles. The first-order valence-electron chi connectivity index (χ1n) is 9.14. The second kappa shape index (κ2) is 7.52. The van der Waals surface area contributed by atoms with Crippen LogP contribution in [0.5, 0.6) is 0 Å². The summed E-state index contributed by atoms with van der Waals surface area (Å²) in [7, 11) is 0. The molecular formula is C22H20N4O2. The van der Waals surface area contributed by atoms with Crippen molar-refractivity contribution in [1.29, 1.82) is 0 Å². The zero-order valence-corrected chi connectivity index (χ0v) is 15.5. The van der Waals surface area contributed by atoms with Crippen LogP contribution in [0.4, 0.5) is 5.69 Å². The molecule has 1 aromatic carbocycles. The van der Waals surface area contributed by atoms with E-state index in [0.717, 1.165) is 40.3 Å². The van der Waals surface area contributed by atoms with E-state index in [1.54, 1.807) is 19.2 Å². The molecule has 2 aromatic heterocycles. The fraction of sp³-hybridized carbons (Fsp3) is 0.136. The lowest BCUT2D eigenvalue weighted by Gasteiger charge is -2.11. The Bertz CT molecular complexity index is 1060. The van der Waals surface area contributed by atoms with Crippen LogP contribution in [-0.4, -0.2) is 28.3 Å². The maximum absolute atomic E-state index is 12.0. The minimum atomic E-state index is -0.157. The molecule has 0 atom stereocenters. The van der Waals surface area contributed by atoms with Gasteiger partial charge in [0.25, 0.3) is 5.91 Å². The van der Waals surface area contributed by atoms with Gasteiger partial charge in [-0.05, 0) is 43.3 Å². The van der Waals surface area contributed by atoms with Gasteiger partial charge in [-0.2, -0.15) is 0 Å². The molecule has 1 aliphatic rings. The van der Waals surface area contributed by atoms with E-state index in [1.807, 2.05) is 42.5 Å². The van der Waals surface area contributed by atoms with Crippen molar-refractivity contribution in [2.75, 3.05) is 11.9 Å². The minimum Gasteiger partial charge on any atom is -0.358 e. The molecule has 2 amide bonds. The highest BCUT2D eigenvalue weighted by atomic mass is 16.2. The lowest BCUT2D eigenvalue weighted by atomic mass is 10.1. The summed E-state index contributed by atoms with van der Waals surface area (Å²) in [6, 6.07) is 13.3. The van der Waals surface area contributed by atoms with E-state index in [2.05, 4.69) is 20.6 Å². The molecule has 3 N–H and O–H groups in total. The van der Waals surface area contributed by atoms with Gasteiger partial charge < -0.3 is 15.6 Å². The average Bonchev–Trinajstić information content (AvgIpc) is 3.15. The van der Waals surface area contributed by atoms with Crippen molar-refractivity contribution in [3.05, 3.63) is 72.1 Å². The molecule has 0 bridgehead atoms. The molecule has 0 radical (unpaired) electrons. The second-order valence-corrected chi connectivity index (χ2v) is 6.58. The number of anilines is 1. The normalized spacial score (nSPS) is 13.2. The van der Waals surface area contributed by atoms with Gasteiger partial charge in [-0.15, -0.1) is 0 Å². The van der Waals surface area contributed by atoms with E-state index in [0.29, 0.717) is 12.1 Å². The molecule has 6 nitrogen and oxygen atoms in total. The highest BCUT2D eigenvalue weighted by molar-refractivity contribution is 5.99. The van der Waals surface area contributed by atoms with Crippen LogP contribution in [0.2, 0.25) is 0 Å². The third-order valence-corrected chi connectivity index (χ3v) is 4.64. The van der Waals surface area contributed by atoms with Gasteiger partial charge >= 0.3 is 0 Å². The number of nitrogens with one attached hydrogen (secondary N) is 3. The van der Waals surface area contributed by atoms with Crippen LogP contribution in [0.25, 0.3) is 22.5 Å². The van der Waals surface area contributed by atoms with Crippen molar-refractivity contribution >= 4 is 17.5 Å². The number of rotatable bonds is 4.